The first-order chi connectivity index (χ1) is 10.6. The van der Waals surface area contributed by atoms with Crippen LogP contribution >= 0.6 is 0 Å². The molecule has 3 atom stereocenters. The molecule has 2 aliphatic rings. The number of rotatable bonds is 4. The Morgan fingerprint density at radius 1 is 1.32 bits per heavy atom. The van der Waals surface area contributed by atoms with Gasteiger partial charge in [0.1, 0.15) is 0 Å². The van der Waals surface area contributed by atoms with E-state index in [1.807, 2.05) is 18.2 Å². The summed E-state index contributed by atoms with van der Waals surface area (Å²) in [5.41, 5.74) is 1.17. The molecular weight excluding hydrogens is 282 g/mol. The Morgan fingerprint density at radius 2 is 2.00 bits per heavy atom. The third kappa shape index (κ3) is 3.16. The number of carboxylic acids is 1. The van der Waals surface area contributed by atoms with Gasteiger partial charge >= 0.3 is 5.97 Å². The fraction of sp³-hybridized carbons (Fsp3) is 0.588. The number of ether oxygens (including phenoxy) is 2. The number of hydrogen-bond acceptors (Lipinski definition) is 4. The SMILES string of the molecule is C[C@@H](N[C@@H]1CCC2(C[C@@H]1C(=O)O)OCCO2)c1ccccc1. The van der Waals surface area contributed by atoms with Gasteiger partial charge in [0, 0.05) is 24.9 Å². The van der Waals surface area contributed by atoms with Crippen LogP contribution in [0.5, 0.6) is 0 Å². The lowest BCUT2D eigenvalue weighted by Crippen LogP contribution is -2.51. The van der Waals surface area contributed by atoms with E-state index in [4.69, 9.17) is 9.47 Å². The Balaban J connectivity index is 1.69. The van der Waals surface area contributed by atoms with Gasteiger partial charge in [0.25, 0.3) is 0 Å². The molecular formula is C17H23NO4. The molecule has 0 bridgehead atoms. The topological polar surface area (TPSA) is 67.8 Å². The number of aliphatic carboxylic acids is 1. The summed E-state index contributed by atoms with van der Waals surface area (Å²) >= 11 is 0. The van der Waals surface area contributed by atoms with Crippen molar-refractivity contribution in [3.8, 4) is 0 Å². The smallest absolute Gasteiger partial charge is 0.308 e. The highest BCUT2D eigenvalue weighted by Gasteiger charge is 2.47. The molecule has 120 valence electrons. The van der Waals surface area contributed by atoms with Crippen molar-refractivity contribution in [2.45, 2.75) is 44.1 Å². The van der Waals surface area contributed by atoms with E-state index in [1.54, 1.807) is 0 Å². The van der Waals surface area contributed by atoms with E-state index in [0.717, 1.165) is 12.8 Å². The average Bonchev–Trinajstić information content (AvgIpc) is 2.98. The fourth-order valence-corrected chi connectivity index (χ4v) is 3.53. The van der Waals surface area contributed by atoms with Crippen molar-refractivity contribution in [2.75, 3.05) is 13.2 Å². The maximum Gasteiger partial charge on any atom is 0.308 e. The van der Waals surface area contributed by atoms with Crippen molar-refractivity contribution in [2.24, 2.45) is 5.92 Å². The molecule has 0 amide bonds. The van der Waals surface area contributed by atoms with Gasteiger partial charge in [0.05, 0.1) is 19.1 Å². The summed E-state index contributed by atoms with van der Waals surface area (Å²) in [7, 11) is 0. The molecule has 1 saturated heterocycles. The maximum atomic E-state index is 11.7. The monoisotopic (exact) mass is 305 g/mol. The number of nitrogens with one attached hydrogen (secondary N) is 1. The molecule has 1 aromatic carbocycles. The van der Waals surface area contributed by atoms with E-state index in [2.05, 4.69) is 24.4 Å². The molecule has 1 aliphatic heterocycles. The second kappa shape index (κ2) is 6.36. The van der Waals surface area contributed by atoms with Crippen molar-refractivity contribution >= 4 is 5.97 Å². The van der Waals surface area contributed by atoms with Gasteiger partial charge in [-0.05, 0) is 18.9 Å². The first-order valence-corrected chi connectivity index (χ1v) is 7.91. The van der Waals surface area contributed by atoms with E-state index in [0.29, 0.717) is 19.6 Å². The molecule has 3 rings (SSSR count). The van der Waals surface area contributed by atoms with Crippen LogP contribution in [0, 0.1) is 5.92 Å². The summed E-state index contributed by atoms with van der Waals surface area (Å²) in [5, 5.41) is 13.1. The third-order valence-corrected chi connectivity index (χ3v) is 4.75. The minimum absolute atomic E-state index is 0.0638. The Morgan fingerprint density at radius 3 is 2.64 bits per heavy atom. The number of carbonyl (C=O) groups is 1. The molecule has 5 heteroatoms. The van der Waals surface area contributed by atoms with Crippen LogP contribution in [0.25, 0.3) is 0 Å². The van der Waals surface area contributed by atoms with Crippen LogP contribution in [0.1, 0.15) is 37.8 Å². The Bertz CT molecular complexity index is 513. The summed E-state index contributed by atoms with van der Waals surface area (Å²) < 4.78 is 11.4. The molecule has 1 heterocycles. The van der Waals surface area contributed by atoms with Gasteiger partial charge in [-0.1, -0.05) is 30.3 Å². The molecule has 0 unspecified atom stereocenters. The van der Waals surface area contributed by atoms with Crippen LogP contribution in [0.3, 0.4) is 0 Å². The van der Waals surface area contributed by atoms with E-state index in [9.17, 15) is 9.90 Å². The zero-order valence-corrected chi connectivity index (χ0v) is 12.8. The van der Waals surface area contributed by atoms with E-state index >= 15 is 0 Å². The van der Waals surface area contributed by atoms with Crippen molar-refractivity contribution in [1.29, 1.82) is 0 Å². The lowest BCUT2D eigenvalue weighted by atomic mass is 9.80. The largest absolute Gasteiger partial charge is 0.481 e. The van der Waals surface area contributed by atoms with Gasteiger partial charge < -0.3 is 19.9 Å². The number of hydrogen-bond donors (Lipinski definition) is 2. The van der Waals surface area contributed by atoms with Crippen LogP contribution < -0.4 is 5.32 Å². The Labute approximate surface area is 130 Å². The molecule has 22 heavy (non-hydrogen) atoms. The summed E-state index contributed by atoms with van der Waals surface area (Å²) in [6.45, 7) is 3.19. The van der Waals surface area contributed by atoms with Crippen LogP contribution in [0.2, 0.25) is 0 Å². The van der Waals surface area contributed by atoms with Crippen LogP contribution in [0.15, 0.2) is 30.3 Å². The average molecular weight is 305 g/mol. The van der Waals surface area contributed by atoms with Crippen LogP contribution in [0.4, 0.5) is 0 Å². The highest BCUT2D eigenvalue weighted by molar-refractivity contribution is 5.71. The minimum atomic E-state index is -0.782. The van der Waals surface area contributed by atoms with Gasteiger partial charge in [-0.2, -0.15) is 0 Å². The molecule has 5 nitrogen and oxygen atoms in total. The second-order valence-electron chi connectivity index (χ2n) is 6.20. The van der Waals surface area contributed by atoms with Gasteiger partial charge in [-0.15, -0.1) is 0 Å². The minimum Gasteiger partial charge on any atom is -0.481 e. The van der Waals surface area contributed by atoms with Crippen molar-refractivity contribution in [3.05, 3.63) is 35.9 Å². The van der Waals surface area contributed by atoms with E-state index in [-0.39, 0.29) is 12.1 Å². The first-order valence-electron chi connectivity index (χ1n) is 7.91. The molecule has 0 aromatic heterocycles. The van der Waals surface area contributed by atoms with Gasteiger partial charge in [0.2, 0.25) is 0 Å². The molecule has 1 spiro atoms. The molecule has 1 aliphatic carbocycles. The third-order valence-electron chi connectivity index (χ3n) is 4.75. The number of benzene rings is 1. The summed E-state index contributed by atoms with van der Waals surface area (Å²) in [4.78, 5) is 11.7. The van der Waals surface area contributed by atoms with Gasteiger partial charge in [-0.3, -0.25) is 4.79 Å². The lowest BCUT2D eigenvalue weighted by Gasteiger charge is -2.40. The fourth-order valence-electron chi connectivity index (χ4n) is 3.53. The van der Waals surface area contributed by atoms with Crippen LogP contribution in [-0.4, -0.2) is 36.1 Å². The summed E-state index contributed by atoms with van der Waals surface area (Å²) in [5.74, 6) is -1.94. The number of carboxylic acid groups (broad SMARTS) is 1. The highest BCUT2D eigenvalue weighted by atomic mass is 16.7. The Hall–Kier alpha value is -1.43. The zero-order valence-electron chi connectivity index (χ0n) is 12.8. The molecule has 2 N–H and O–H groups in total. The Kier molecular flexibility index (Phi) is 4.47. The zero-order chi connectivity index (χ0) is 15.6. The maximum absolute atomic E-state index is 11.7. The van der Waals surface area contributed by atoms with E-state index in [1.165, 1.54) is 5.56 Å². The first kappa shape index (κ1) is 15.5. The quantitative estimate of drug-likeness (QED) is 0.893. The highest BCUT2D eigenvalue weighted by Crippen LogP contribution is 2.39. The van der Waals surface area contributed by atoms with Crippen molar-refractivity contribution in [1.82, 2.24) is 5.32 Å². The standard InChI is InChI=1S/C17H23NO4/c1-12(13-5-3-2-4-6-13)18-15-7-8-17(21-9-10-22-17)11-14(15)16(19)20/h2-6,12,14-15,18H,7-11H2,1H3,(H,19,20)/t12-,14+,15-/m1/s1. The molecule has 2 fully saturated rings. The molecule has 0 radical (unpaired) electrons. The summed E-state index contributed by atoms with van der Waals surface area (Å²) in [6, 6.07) is 10.1. The van der Waals surface area contributed by atoms with Crippen LogP contribution in [-0.2, 0) is 14.3 Å². The van der Waals surface area contributed by atoms with Gasteiger partial charge in [0.15, 0.2) is 5.79 Å². The summed E-state index contributed by atoms with van der Waals surface area (Å²) in [6.07, 6.45) is 1.91. The van der Waals surface area contributed by atoms with Crippen molar-refractivity contribution in [3.63, 3.8) is 0 Å². The van der Waals surface area contributed by atoms with E-state index < -0.39 is 17.7 Å². The molecule has 1 aromatic rings. The predicted octanol–water partition coefficient (Wildman–Crippen LogP) is 2.33. The lowest BCUT2D eigenvalue weighted by molar-refractivity contribution is -0.197. The van der Waals surface area contributed by atoms with Gasteiger partial charge in [-0.25, -0.2) is 0 Å². The van der Waals surface area contributed by atoms with Crippen molar-refractivity contribution < 1.29 is 19.4 Å². The normalized spacial score (nSPS) is 28.6. The predicted molar refractivity (Wildman–Crippen MR) is 81.4 cm³/mol. The second-order valence-corrected chi connectivity index (χ2v) is 6.20. The molecule has 1 saturated carbocycles.